The van der Waals surface area contributed by atoms with Crippen LogP contribution in [0.3, 0.4) is 0 Å². The van der Waals surface area contributed by atoms with Crippen LogP contribution in [-0.4, -0.2) is 51.9 Å². The summed E-state index contributed by atoms with van der Waals surface area (Å²) in [4.78, 5) is 19.6. The zero-order valence-corrected chi connectivity index (χ0v) is 18.1. The van der Waals surface area contributed by atoms with E-state index >= 15 is 0 Å². The van der Waals surface area contributed by atoms with E-state index < -0.39 is 0 Å². The van der Waals surface area contributed by atoms with E-state index in [1.54, 1.807) is 18.8 Å². The van der Waals surface area contributed by atoms with Gasteiger partial charge in [0, 0.05) is 37.0 Å². The van der Waals surface area contributed by atoms with Crippen LogP contribution in [0.5, 0.6) is 11.6 Å². The summed E-state index contributed by atoms with van der Waals surface area (Å²) in [6.07, 6.45) is 0.680. The van der Waals surface area contributed by atoms with Crippen molar-refractivity contribution >= 4 is 16.8 Å². The van der Waals surface area contributed by atoms with Crippen molar-refractivity contribution < 1.29 is 14.3 Å². The molecule has 0 aliphatic carbocycles. The molecule has 0 radical (unpaired) electrons. The summed E-state index contributed by atoms with van der Waals surface area (Å²) in [5, 5.41) is 5.61. The van der Waals surface area contributed by atoms with Gasteiger partial charge in [0.05, 0.1) is 24.9 Å². The number of pyridine rings is 1. The highest BCUT2D eigenvalue weighted by Crippen LogP contribution is 2.25. The first-order chi connectivity index (χ1) is 15.6. The molecule has 7 nitrogen and oxygen atoms in total. The first kappa shape index (κ1) is 20.1. The molecular weight excluding hydrogens is 404 g/mol. The summed E-state index contributed by atoms with van der Waals surface area (Å²) in [6, 6.07) is 21.3. The van der Waals surface area contributed by atoms with Crippen molar-refractivity contribution in [3.8, 4) is 22.9 Å². The van der Waals surface area contributed by atoms with Gasteiger partial charge in [0.25, 0.3) is 5.91 Å². The molecule has 2 aromatic heterocycles. The molecule has 0 unspecified atom stereocenters. The SMILES string of the molecule is COc1cccc(-c2cc(C(=O)N3CC[C@H](Oc4ccc5ccccc5n4)C3)n(C)n2)c1. The second-order valence-electron chi connectivity index (χ2n) is 7.89. The molecule has 0 spiro atoms. The lowest BCUT2D eigenvalue weighted by Crippen LogP contribution is -2.32. The Morgan fingerprint density at radius 1 is 1.06 bits per heavy atom. The minimum Gasteiger partial charge on any atom is -0.497 e. The molecule has 1 amide bonds. The maximum Gasteiger partial charge on any atom is 0.272 e. The Morgan fingerprint density at radius 3 is 2.81 bits per heavy atom. The average molecular weight is 428 g/mol. The highest BCUT2D eigenvalue weighted by molar-refractivity contribution is 5.94. The number of hydrogen-bond acceptors (Lipinski definition) is 5. The van der Waals surface area contributed by atoms with Crippen molar-refractivity contribution in [1.82, 2.24) is 19.7 Å². The molecule has 3 heterocycles. The number of ether oxygens (including phenoxy) is 2. The molecule has 1 atom stereocenters. The molecule has 1 fully saturated rings. The van der Waals surface area contributed by atoms with Crippen LogP contribution in [0.25, 0.3) is 22.2 Å². The van der Waals surface area contributed by atoms with E-state index in [2.05, 4.69) is 10.1 Å². The molecule has 7 heteroatoms. The molecule has 4 aromatic rings. The number of aromatic nitrogens is 3. The largest absolute Gasteiger partial charge is 0.497 e. The lowest BCUT2D eigenvalue weighted by atomic mass is 10.1. The van der Waals surface area contributed by atoms with E-state index in [0.717, 1.165) is 34.3 Å². The van der Waals surface area contributed by atoms with Gasteiger partial charge in [0.2, 0.25) is 5.88 Å². The van der Waals surface area contributed by atoms with Crippen LogP contribution in [-0.2, 0) is 7.05 Å². The van der Waals surface area contributed by atoms with Crippen LogP contribution in [0.1, 0.15) is 16.9 Å². The summed E-state index contributed by atoms with van der Waals surface area (Å²) in [5.41, 5.74) is 3.09. The van der Waals surface area contributed by atoms with Crippen molar-refractivity contribution in [2.75, 3.05) is 20.2 Å². The summed E-state index contributed by atoms with van der Waals surface area (Å²) < 4.78 is 13.0. The third-order valence-electron chi connectivity index (χ3n) is 5.76. The molecule has 0 saturated carbocycles. The van der Waals surface area contributed by atoms with Gasteiger partial charge in [0.1, 0.15) is 17.5 Å². The molecular formula is C25H24N4O3. The van der Waals surface area contributed by atoms with Crippen LogP contribution in [0.2, 0.25) is 0 Å². The number of methoxy groups -OCH3 is 1. The number of rotatable bonds is 5. The van der Waals surface area contributed by atoms with Gasteiger partial charge in [-0.3, -0.25) is 9.48 Å². The van der Waals surface area contributed by atoms with Gasteiger partial charge in [-0.15, -0.1) is 0 Å². The van der Waals surface area contributed by atoms with Gasteiger partial charge >= 0.3 is 0 Å². The standard InChI is InChI=1S/C25H24N4O3/c1-28-23(15-22(27-28)18-7-5-8-19(14-18)31-2)25(30)29-13-12-20(16-29)32-24-11-10-17-6-3-4-9-21(17)26-24/h3-11,14-15,20H,12-13,16H2,1-2H3/t20-/m0/s1. The second kappa shape index (κ2) is 8.34. The second-order valence-corrected chi connectivity index (χ2v) is 7.89. The monoisotopic (exact) mass is 428 g/mol. The Morgan fingerprint density at radius 2 is 1.94 bits per heavy atom. The van der Waals surface area contributed by atoms with E-state index in [0.29, 0.717) is 24.7 Å². The Hall–Kier alpha value is -3.87. The number of likely N-dealkylation sites (tertiary alicyclic amines) is 1. The first-order valence-electron chi connectivity index (χ1n) is 10.6. The van der Waals surface area contributed by atoms with Crippen molar-refractivity contribution in [2.24, 2.45) is 7.05 Å². The number of fused-ring (bicyclic) bond motifs is 1. The van der Waals surface area contributed by atoms with Gasteiger partial charge in [-0.1, -0.05) is 30.3 Å². The smallest absolute Gasteiger partial charge is 0.272 e. The van der Waals surface area contributed by atoms with E-state index in [-0.39, 0.29) is 12.0 Å². The van der Waals surface area contributed by atoms with Crippen LogP contribution >= 0.6 is 0 Å². The molecule has 2 aromatic carbocycles. The van der Waals surface area contributed by atoms with Gasteiger partial charge < -0.3 is 14.4 Å². The van der Waals surface area contributed by atoms with Crippen LogP contribution in [0, 0.1) is 0 Å². The minimum atomic E-state index is -0.0845. The summed E-state index contributed by atoms with van der Waals surface area (Å²) >= 11 is 0. The topological polar surface area (TPSA) is 69.5 Å². The Bertz CT molecular complexity index is 1280. The highest BCUT2D eigenvalue weighted by Gasteiger charge is 2.30. The van der Waals surface area contributed by atoms with Gasteiger partial charge in [-0.2, -0.15) is 5.10 Å². The Labute approximate surface area is 186 Å². The maximum atomic E-state index is 13.2. The van der Waals surface area contributed by atoms with E-state index in [1.165, 1.54) is 0 Å². The predicted octanol–water partition coefficient (Wildman–Crippen LogP) is 3.94. The summed E-state index contributed by atoms with van der Waals surface area (Å²) in [5.74, 6) is 1.29. The highest BCUT2D eigenvalue weighted by atomic mass is 16.5. The number of amides is 1. The van der Waals surface area contributed by atoms with Crippen molar-refractivity contribution in [3.05, 3.63) is 72.4 Å². The van der Waals surface area contributed by atoms with Crippen LogP contribution in [0.4, 0.5) is 0 Å². The summed E-state index contributed by atoms with van der Waals surface area (Å²) in [6.45, 7) is 1.16. The maximum absolute atomic E-state index is 13.2. The molecule has 162 valence electrons. The fraction of sp³-hybridized carbons (Fsp3) is 0.240. The molecule has 1 aliphatic heterocycles. The quantitative estimate of drug-likeness (QED) is 0.482. The fourth-order valence-electron chi connectivity index (χ4n) is 4.05. The fourth-order valence-corrected chi connectivity index (χ4v) is 4.05. The first-order valence-corrected chi connectivity index (χ1v) is 10.6. The molecule has 5 rings (SSSR count). The zero-order valence-electron chi connectivity index (χ0n) is 18.1. The number of nitrogens with zero attached hydrogens (tertiary/aromatic N) is 4. The van der Waals surface area contributed by atoms with Crippen molar-refractivity contribution in [3.63, 3.8) is 0 Å². The van der Waals surface area contributed by atoms with Crippen molar-refractivity contribution in [1.29, 1.82) is 0 Å². The lowest BCUT2D eigenvalue weighted by Gasteiger charge is -2.17. The number of benzene rings is 2. The van der Waals surface area contributed by atoms with Crippen LogP contribution in [0.15, 0.2) is 66.7 Å². The number of hydrogen-bond donors (Lipinski definition) is 0. The molecule has 0 N–H and O–H groups in total. The predicted molar refractivity (Wildman–Crippen MR) is 122 cm³/mol. The Kier molecular flexibility index (Phi) is 5.23. The normalized spacial score (nSPS) is 15.8. The average Bonchev–Trinajstić information content (AvgIpc) is 3.45. The molecule has 32 heavy (non-hydrogen) atoms. The molecule has 1 saturated heterocycles. The third-order valence-corrected chi connectivity index (χ3v) is 5.76. The Balaban J connectivity index is 1.28. The zero-order chi connectivity index (χ0) is 22.1. The number of aryl methyl sites for hydroxylation is 1. The number of para-hydroxylation sites is 1. The van der Waals surface area contributed by atoms with Gasteiger partial charge in [-0.05, 0) is 30.3 Å². The van der Waals surface area contributed by atoms with E-state index in [1.807, 2.05) is 71.6 Å². The van der Waals surface area contributed by atoms with E-state index in [4.69, 9.17) is 9.47 Å². The van der Waals surface area contributed by atoms with Gasteiger partial charge in [-0.25, -0.2) is 4.98 Å². The van der Waals surface area contributed by atoms with E-state index in [9.17, 15) is 4.79 Å². The number of carbonyl (C=O) groups excluding carboxylic acids is 1. The lowest BCUT2D eigenvalue weighted by molar-refractivity contribution is 0.0760. The van der Waals surface area contributed by atoms with Gasteiger partial charge in [0.15, 0.2) is 0 Å². The van der Waals surface area contributed by atoms with Crippen LogP contribution < -0.4 is 9.47 Å². The third kappa shape index (κ3) is 3.89. The summed E-state index contributed by atoms with van der Waals surface area (Å²) in [7, 11) is 3.42. The van der Waals surface area contributed by atoms with Crippen molar-refractivity contribution in [2.45, 2.75) is 12.5 Å². The number of carbonyl (C=O) groups is 1. The molecule has 1 aliphatic rings. The molecule has 0 bridgehead atoms. The minimum absolute atomic E-state index is 0.0493.